The number of nitrogens with zero attached hydrogens (tertiary/aromatic N) is 2. The lowest BCUT2D eigenvalue weighted by molar-refractivity contribution is -0.133. The van der Waals surface area contributed by atoms with Crippen LogP contribution in [-0.2, 0) is 14.3 Å². The van der Waals surface area contributed by atoms with Crippen molar-refractivity contribution in [2.24, 2.45) is 5.73 Å². The average molecular weight is 343 g/mol. The standard InChI is InChI=1S/C16H13N3O4S/c1-9-4-3-5-10(6-9)19-15(22)12(7-13(20)23-2)24-16(19)11(8-17)14(18)21/h3-7H,1-2H3,(H2,18,21)/b12-7-,16-11-. The Morgan fingerprint density at radius 2 is 2.12 bits per heavy atom. The topological polar surface area (TPSA) is 115 Å². The Balaban J connectivity index is 3.01. The number of nitriles is 1. The molecule has 24 heavy (non-hydrogen) atoms. The van der Waals surface area contributed by atoms with Crippen molar-refractivity contribution >= 4 is 34.9 Å². The van der Waals surface area contributed by atoms with Gasteiger partial charge >= 0.3 is 5.97 Å². The maximum Gasteiger partial charge on any atom is 0.332 e. The van der Waals surface area contributed by atoms with Gasteiger partial charge in [0.05, 0.1) is 12.8 Å². The molecular weight excluding hydrogens is 330 g/mol. The summed E-state index contributed by atoms with van der Waals surface area (Å²) in [6, 6.07) is 8.66. The Bertz CT molecular complexity index is 1040. The minimum absolute atomic E-state index is 0.0346. The van der Waals surface area contributed by atoms with Gasteiger partial charge in [-0.05, 0) is 24.6 Å². The zero-order chi connectivity index (χ0) is 17.9. The number of rotatable bonds is 3. The van der Waals surface area contributed by atoms with E-state index in [0.29, 0.717) is 5.69 Å². The number of hydrogen-bond donors (Lipinski definition) is 1. The Morgan fingerprint density at radius 3 is 2.67 bits per heavy atom. The predicted molar refractivity (Wildman–Crippen MR) is 88.6 cm³/mol. The molecule has 1 amide bonds. The highest BCUT2D eigenvalue weighted by Crippen LogP contribution is 2.07. The van der Waals surface area contributed by atoms with Gasteiger partial charge < -0.3 is 10.5 Å². The van der Waals surface area contributed by atoms with Crippen LogP contribution in [0.15, 0.2) is 29.1 Å². The first-order chi connectivity index (χ1) is 11.4. The van der Waals surface area contributed by atoms with Crippen molar-refractivity contribution < 1.29 is 14.3 Å². The average Bonchev–Trinajstić information content (AvgIpc) is 2.84. The lowest BCUT2D eigenvalue weighted by atomic mass is 10.2. The fourth-order valence-corrected chi connectivity index (χ4v) is 3.10. The molecule has 0 aliphatic rings. The third-order valence-corrected chi connectivity index (χ3v) is 4.20. The van der Waals surface area contributed by atoms with E-state index in [1.165, 1.54) is 11.7 Å². The largest absolute Gasteiger partial charge is 0.466 e. The first-order valence-corrected chi connectivity index (χ1v) is 7.53. The van der Waals surface area contributed by atoms with Crippen LogP contribution >= 0.6 is 11.3 Å². The second-order valence-electron chi connectivity index (χ2n) is 4.77. The van der Waals surface area contributed by atoms with Gasteiger partial charge in [0.1, 0.15) is 15.3 Å². The second kappa shape index (κ2) is 6.93. The van der Waals surface area contributed by atoms with Crippen LogP contribution in [0.5, 0.6) is 0 Å². The van der Waals surface area contributed by atoms with Gasteiger partial charge in [0.15, 0.2) is 5.57 Å². The van der Waals surface area contributed by atoms with Crippen molar-refractivity contribution in [3.8, 4) is 11.8 Å². The maximum atomic E-state index is 12.7. The molecule has 2 N–H and O–H groups in total. The van der Waals surface area contributed by atoms with E-state index < -0.39 is 17.4 Å². The molecule has 1 aromatic heterocycles. The van der Waals surface area contributed by atoms with Crippen LogP contribution in [0.4, 0.5) is 0 Å². The van der Waals surface area contributed by atoms with Crippen LogP contribution in [0.2, 0.25) is 0 Å². The van der Waals surface area contributed by atoms with Crippen molar-refractivity contribution in [2.45, 2.75) is 6.92 Å². The van der Waals surface area contributed by atoms with Gasteiger partial charge in [-0.3, -0.25) is 14.2 Å². The Labute approximate surface area is 140 Å². The van der Waals surface area contributed by atoms with Gasteiger partial charge in [-0.1, -0.05) is 12.1 Å². The number of carbonyl (C=O) groups is 2. The highest BCUT2D eigenvalue weighted by atomic mass is 32.1. The van der Waals surface area contributed by atoms with Crippen LogP contribution in [0.1, 0.15) is 5.56 Å². The molecular formula is C16H13N3O4S. The third-order valence-electron chi connectivity index (χ3n) is 3.11. The number of thiazole rings is 1. The van der Waals surface area contributed by atoms with E-state index in [-0.39, 0.29) is 14.8 Å². The zero-order valence-corrected chi connectivity index (χ0v) is 13.7. The van der Waals surface area contributed by atoms with E-state index in [2.05, 4.69) is 4.74 Å². The molecule has 2 aromatic rings. The lowest BCUT2D eigenvalue weighted by Crippen LogP contribution is -2.32. The molecule has 0 aliphatic carbocycles. The molecule has 0 spiro atoms. The van der Waals surface area contributed by atoms with Gasteiger partial charge in [0.2, 0.25) is 0 Å². The first kappa shape index (κ1) is 17.2. The molecule has 7 nitrogen and oxygen atoms in total. The first-order valence-electron chi connectivity index (χ1n) is 6.71. The monoisotopic (exact) mass is 343 g/mol. The highest BCUT2D eigenvalue weighted by Gasteiger charge is 2.15. The summed E-state index contributed by atoms with van der Waals surface area (Å²) in [7, 11) is 1.18. The fraction of sp³-hybridized carbons (Fsp3) is 0.125. The van der Waals surface area contributed by atoms with Crippen LogP contribution in [0, 0.1) is 18.3 Å². The number of hydrogen-bond acceptors (Lipinski definition) is 6. The fourth-order valence-electron chi connectivity index (χ4n) is 2.03. The minimum Gasteiger partial charge on any atom is -0.466 e. The molecule has 0 bridgehead atoms. The number of methoxy groups -OCH3 is 1. The summed E-state index contributed by atoms with van der Waals surface area (Å²) in [4.78, 5) is 35.6. The number of aromatic nitrogens is 1. The maximum absolute atomic E-state index is 12.7. The summed E-state index contributed by atoms with van der Waals surface area (Å²) in [6.45, 7) is 1.84. The van der Waals surface area contributed by atoms with Crippen LogP contribution in [-0.4, -0.2) is 23.6 Å². The third kappa shape index (κ3) is 3.26. The normalized spacial score (nSPS) is 12.5. The van der Waals surface area contributed by atoms with Crippen LogP contribution < -0.4 is 20.5 Å². The summed E-state index contributed by atoms with van der Waals surface area (Å²) in [5.41, 5.74) is 5.68. The number of amides is 1. The quantitative estimate of drug-likeness (QED) is 0.742. The van der Waals surface area contributed by atoms with E-state index in [4.69, 9.17) is 5.73 Å². The highest BCUT2D eigenvalue weighted by molar-refractivity contribution is 7.07. The predicted octanol–water partition coefficient (Wildman–Crippen LogP) is -0.679. The number of carbonyl (C=O) groups excluding carboxylic acids is 2. The zero-order valence-electron chi connectivity index (χ0n) is 12.9. The number of primary amides is 1. The molecule has 0 aliphatic heterocycles. The van der Waals surface area contributed by atoms with Crippen LogP contribution in [0.25, 0.3) is 17.3 Å². The number of aryl methyl sites for hydroxylation is 1. The molecule has 122 valence electrons. The number of esters is 1. The summed E-state index contributed by atoms with van der Waals surface area (Å²) in [5.74, 6) is -1.67. The van der Waals surface area contributed by atoms with E-state index in [1.807, 2.05) is 13.0 Å². The Kier molecular flexibility index (Phi) is 4.96. The molecule has 2 rings (SSSR count). The van der Waals surface area contributed by atoms with E-state index in [1.54, 1.807) is 24.3 Å². The molecule has 0 saturated heterocycles. The Morgan fingerprint density at radius 1 is 1.42 bits per heavy atom. The molecule has 0 saturated carbocycles. The number of nitrogens with two attached hydrogens (primary N) is 1. The molecule has 8 heteroatoms. The molecule has 1 heterocycles. The van der Waals surface area contributed by atoms with Gasteiger partial charge in [0, 0.05) is 6.08 Å². The van der Waals surface area contributed by atoms with Crippen molar-refractivity contribution in [1.82, 2.24) is 4.57 Å². The van der Waals surface area contributed by atoms with Gasteiger partial charge in [-0.2, -0.15) is 5.26 Å². The smallest absolute Gasteiger partial charge is 0.332 e. The summed E-state index contributed by atoms with van der Waals surface area (Å²) in [5, 5.41) is 9.21. The van der Waals surface area contributed by atoms with E-state index in [9.17, 15) is 19.6 Å². The molecule has 0 radical (unpaired) electrons. The minimum atomic E-state index is -0.954. The Hall–Kier alpha value is -3.18. The number of ether oxygens (including phenoxy) is 1. The van der Waals surface area contributed by atoms with E-state index >= 15 is 0 Å². The second-order valence-corrected chi connectivity index (χ2v) is 5.80. The molecule has 1 aromatic carbocycles. The lowest BCUT2D eigenvalue weighted by Gasteiger charge is -2.03. The van der Waals surface area contributed by atoms with Crippen molar-refractivity contribution in [3.63, 3.8) is 0 Å². The summed E-state index contributed by atoms with van der Waals surface area (Å²) >= 11 is 0.825. The van der Waals surface area contributed by atoms with Crippen molar-refractivity contribution in [3.05, 3.63) is 49.4 Å². The SMILES string of the molecule is COC(=O)/C=c1\s/c(=C(/C#N)C(N)=O)n(-c2cccc(C)c2)c1=O. The van der Waals surface area contributed by atoms with Gasteiger partial charge in [0.25, 0.3) is 11.5 Å². The van der Waals surface area contributed by atoms with Crippen LogP contribution in [0.3, 0.4) is 0 Å². The van der Waals surface area contributed by atoms with Crippen molar-refractivity contribution in [1.29, 1.82) is 5.26 Å². The van der Waals surface area contributed by atoms with Crippen molar-refractivity contribution in [2.75, 3.05) is 7.11 Å². The molecule has 0 atom stereocenters. The van der Waals surface area contributed by atoms with Gasteiger partial charge in [-0.15, -0.1) is 11.3 Å². The number of benzene rings is 1. The summed E-state index contributed by atoms with van der Waals surface area (Å²) in [6.07, 6.45) is 1.01. The molecule has 0 unspecified atom stereocenters. The van der Waals surface area contributed by atoms with Gasteiger partial charge in [-0.25, -0.2) is 4.79 Å². The summed E-state index contributed by atoms with van der Waals surface area (Å²) < 4.78 is 5.81. The van der Waals surface area contributed by atoms with E-state index in [0.717, 1.165) is 23.0 Å². The molecule has 0 fully saturated rings.